The molecular formula is C25H24N4O4. The molecule has 168 valence electrons. The van der Waals surface area contributed by atoms with Gasteiger partial charge in [-0.05, 0) is 24.1 Å². The number of oxazole rings is 1. The van der Waals surface area contributed by atoms with E-state index in [9.17, 15) is 14.4 Å². The zero-order valence-corrected chi connectivity index (χ0v) is 18.1. The molecule has 3 heterocycles. The molecule has 8 heteroatoms. The Morgan fingerprint density at radius 1 is 0.970 bits per heavy atom. The normalized spacial score (nSPS) is 15.9. The number of nitrogens with zero attached hydrogens (tertiary/aromatic N) is 3. The van der Waals surface area contributed by atoms with Gasteiger partial charge in [-0.2, -0.15) is 0 Å². The van der Waals surface area contributed by atoms with Crippen LogP contribution in [0.3, 0.4) is 0 Å². The molecule has 1 saturated heterocycles. The third-order valence-corrected chi connectivity index (χ3v) is 6.01. The number of hydrogen-bond donors (Lipinski definition) is 1. The molecule has 0 saturated carbocycles. The Balaban J connectivity index is 1.30. The first-order valence-electron chi connectivity index (χ1n) is 11.1. The van der Waals surface area contributed by atoms with Crippen molar-refractivity contribution in [2.24, 2.45) is 0 Å². The minimum Gasteiger partial charge on any atom is -0.445 e. The van der Waals surface area contributed by atoms with Crippen LogP contribution in [0.5, 0.6) is 0 Å². The van der Waals surface area contributed by atoms with Gasteiger partial charge in [0.1, 0.15) is 11.5 Å². The van der Waals surface area contributed by atoms with E-state index in [1.807, 2.05) is 18.2 Å². The number of urea groups is 1. The number of carbonyl (C=O) groups is 3. The summed E-state index contributed by atoms with van der Waals surface area (Å²) in [4.78, 5) is 45.1. The summed E-state index contributed by atoms with van der Waals surface area (Å²) in [6.45, 7) is 1.12. The maximum atomic E-state index is 13.4. The summed E-state index contributed by atoms with van der Waals surface area (Å²) in [7, 11) is 0. The van der Waals surface area contributed by atoms with Gasteiger partial charge in [0.15, 0.2) is 5.89 Å². The van der Waals surface area contributed by atoms with Crippen LogP contribution in [0.4, 0.5) is 10.5 Å². The average molecular weight is 444 g/mol. The third kappa shape index (κ3) is 4.37. The number of rotatable bonds is 5. The van der Waals surface area contributed by atoms with Gasteiger partial charge in [-0.3, -0.25) is 19.8 Å². The van der Waals surface area contributed by atoms with Gasteiger partial charge in [-0.25, -0.2) is 9.78 Å². The predicted molar refractivity (Wildman–Crippen MR) is 121 cm³/mol. The van der Waals surface area contributed by atoms with Crippen molar-refractivity contribution in [3.8, 4) is 0 Å². The highest BCUT2D eigenvalue weighted by molar-refractivity contribution is 6.09. The van der Waals surface area contributed by atoms with Crippen molar-refractivity contribution in [3.05, 3.63) is 83.1 Å². The average Bonchev–Trinajstić information content (AvgIpc) is 3.25. The van der Waals surface area contributed by atoms with E-state index in [2.05, 4.69) is 22.4 Å². The van der Waals surface area contributed by atoms with Crippen LogP contribution < -0.4 is 10.2 Å². The molecule has 0 atom stereocenters. The molecule has 2 aliphatic rings. The first-order chi connectivity index (χ1) is 16.1. The van der Waals surface area contributed by atoms with Gasteiger partial charge in [0.05, 0.1) is 17.8 Å². The van der Waals surface area contributed by atoms with E-state index in [0.29, 0.717) is 43.1 Å². The fraction of sp³-hybridized carbons (Fsp3) is 0.280. The van der Waals surface area contributed by atoms with E-state index in [-0.39, 0.29) is 24.8 Å². The molecule has 33 heavy (non-hydrogen) atoms. The Morgan fingerprint density at radius 3 is 2.58 bits per heavy atom. The topological polar surface area (TPSA) is 95.8 Å². The number of benzene rings is 2. The maximum Gasteiger partial charge on any atom is 0.328 e. The summed E-state index contributed by atoms with van der Waals surface area (Å²) in [5, 5.41) is 2.31. The molecule has 0 spiro atoms. The van der Waals surface area contributed by atoms with Crippen LogP contribution in [0.1, 0.15) is 39.7 Å². The van der Waals surface area contributed by atoms with Crippen LogP contribution in [0.15, 0.2) is 59.0 Å². The molecule has 5 rings (SSSR count). The van der Waals surface area contributed by atoms with Crippen molar-refractivity contribution < 1.29 is 18.8 Å². The van der Waals surface area contributed by atoms with Gasteiger partial charge in [-0.15, -0.1) is 0 Å². The molecule has 0 radical (unpaired) electrons. The molecule has 8 nitrogen and oxygen atoms in total. The lowest BCUT2D eigenvalue weighted by Gasteiger charge is -2.30. The number of imide groups is 1. The quantitative estimate of drug-likeness (QED) is 0.652. The standard InChI is InChI=1S/C25H24N4O4/c30-22-13-15-29(25(32)27-22)20-9-5-4-8-18(20)24(31)28-14-12-21-19(16-28)26-23(33-21)11-10-17-6-2-1-3-7-17/h1-9H,10-16H2,(H,27,30,32). The van der Waals surface area contributed by atoms with E-state index >= 15 is 0 Å². The van der Waals surface area contributed by atoms with Crippen LogP contribution in [-0.2, 0) is 30.6 Å². The lowest BCUT2D eigenvalue weighted by molar-refractivity contribution is -0.120. The molecule has 1 aromatic heterocycles. The highest BCUT2D eigenvalue weighted by Crippen LogP contribution is 2.27. The van der Waals surface area contributed by atoms with E-state index < -0.39 is 6.03 Å². The number of hydrogen-bond acceptors (Lipinski definition) is 5. The van der Waals surface area contributed by atoms with Gasteiger partial charge in [-0.1, -0.05) is 42.5 Å². The van der Waals surface area contributed by atoms with E-state index in [0.717, 1.165) is 17.9 Å². The van der Waals surface area contributed by atoms with Crippen LogP contribution in [0, 0.1) is 0 Å². The van der Waals surface area contributed by atoms with Gasteiger partial charge in [0.25, 0.3) is 5.91 Å². The number of aromatic nitrogens is 1. The molecule has 1 N–H and O–H groups in total. The number of para-hydroxylation sites is 1. The van der Waals surface area contributed by atoms with Crippen molar-refractivity contribution >= 4 is 23.5 Å². The Bertz CT molecular complexity index is 1200. The van der Waals surface area contributed by atoms with Crippen molar-refractivity contribution in [3.63, 3.8) is 0 Å². The minimum atomic E-state index is -0.507. The Hall–Kier alpha value is -3.94. The van der Waals surface area contributed by atoms with Crippen molar-refractivity contribution in [1.82, 2.24) is 15.2 Å². The van der Waals surface area contributed by atoms with E-state index in [4.69, 9.17) is 4.42 Å². The molecule has 4 amide bonds. The zero-order chi connectivity index (χ0) is 22.8. The molecule has 1 fully saturated rings. The fourth-order valence-corrected chi connectivity index (χ4v) is 4.28. The number of anilines is 1. The smallest absolute Gasteiger partial charge is 0.328 e. The van der Waals surface area contributed by atoms with Crippen LogP contribution in [0.2, 0.25) is 0 Å². The van der Waals surface area contributed by atoms with Gasteiger partial charge < -0.3 is 9.32 Å². The number of carbonyl (C=O) groups excluding carboxylic acids is 3. The monoisotopic (exact) mass is 444 g/mol. The first kappa shape index (κ1) is 20.9. The highest BCUT2D eigenvalue weighted by atomic mass is 16.4. The van der Waals surface area contributed by atoms with Crippen molar-refractivity contribution in [1.29, 1.82) is 0 Å². The number of fused-ring (bicyclic) bond motifs is 1. The molecule has 2 aliphatic heterocycles. The van der Waals surface area contributed by atoms with Gasteiger partial charge in [0, 0.05) is 32.4 Å². The second-order valence-corrected chi connectivity index (χ2v) is 8.21. The molecular weight excluding hydrogens is 420 g/mol. The summed E-state index contributed by atoms with van der Waals surface area (Å²) >= 11 is 0. The first-order valence-corrected chi connectivity index (χ1v) is 11.1. The second kappa shape index (κ2) is 8.90. The largest absolute Gasteiger partial charge is 0.445 e. The number of amides is 4. The molecule has 0 aliphatic carbocycles. The van der Waals surface area contributed by atoms with Gasteiger partial charge in [0.2, 0.25) is 5.91 Å². The summed E-state index contributed by atoms with van der Waals surface area (Å²) < 4.78 is 5.96. The molecule has 0 bridgehead atoms. The maximum absolute atomic E-state index is 13.4. The highest BCUT2D eigenvalue weighted by Gasteiger charge is 2.31. The third-order valence-electron chi connectivity index (χ3n) is 6.01. The number of aryl methyl sites for hydroxylation is 2. The fourth-order valence-electron chi connectivity index (χ4n) is 4.28. The Morgan fingerprint density at radius 2 is 1.76 bits per heavy atom. The van der Waals surface area contributed by atoms with Gasteiger partial charge >= 0.3 is 6.03 Å². The second-order valence-electron chi connectivity index (χ2n) is 8.21. The lowest BCUT2D eigenvalue weighted by atomic mass is 10.1. The minimum absolute atomic E-state index is 0.171. The SMILES string of the molecule is O=C1CCN(c2ccccc2C(=O)N2CCc3oc(CCc4ccccc4)nc3C2)C(=O)N1. The summed E-state index contributed by atoms with van der Waals surface area (Å²) in [5.41, 5.74) is 2.95. The summed E-state index contributed by atoms with van der Waals surface area (Å²) in [6, 6.07) is 16.7. The molecule has 0 unspecified atom stereocenters. The van der Waals surface area contributed by atoms with Crippen LogP contribution >= 0.6 is 0 Å². The zero-order valence-electron chi connectivity index (χ0n) is 18.1. The van der Waals surface area contributed by atoms with Crippen molar-refractivity contribution in [2.45, 2.75) is 32.2 Å². The van der Waals surface area contributed by atoms with E-state index in [1.165, 1.54) is 10.5 Å². The molecule has 2 aromatic carbocycles. The number of nitrogens with one attached hydrogen (secondary N) is 1. The van der Waals surface area contributed by atoms with Crippen LogP contribution in [-0.4, -0.2) is 40.8 Å². The Labute approximate surface area is 191 Å². The summed E-state index contributed by atoms with van der Waals surface area (Å²) in [5.74, 6) is 1.05. The van der Waals surface area contributed by atoms with Crippen LogP contribution in [0.25, 0.3) is 0 Å². The molecule has 3 aromatic rings. The lowest BCUT2D eigenvalue weighted by Crippen LogP contribution is -2.50. The Kier molecular flexibility index (Phi) is 5.64. The van der Waals surface area contributed by atoms with E-state index in [1.54, 1.807) is 29.2 Å². The van der Waals surface area contributed by atoms with Crippen molar-refractivity contribution in [2.75, 3.05) is 18.0 Å². The predicted octanol–water partition coefficient (Wildman–Crippen LogP) is 3.10. The summed E-state index contributed by atoms with van der Waals surface area (Å²) in [6.07, 6.45) is 2.35.